The van der Waals surface area contributed by atoms with Crippen LogP contribution in [0, 0.1) is 5.41 Å². The summed E-state index contributed by atoms with van der Waals surface area (Å²) in [5.74, 6) is -3.80. The Labute approximate surface area is 208 Å². The number of carboxylic acid groups (broad SMARTS) is 2. The summed E-state index contributed by atoms with van der Waals surface area (Å²) < 4.78 is 37.5. The molecule has 204 valence electrons. The molecule has 1 aromatic rings. The quantitative estimate of drug-likeness (QED) is 0.268. The molecule has 0 aliphatic heterocycles. The summed E-state index contributed by atoms with van der Waals surface area (Å²) in [5, 5.41) is 18.5. The van der Waals surface area contributed by atoms with Gasteiger partial charge in [-0.2, -0.15) is 13.2 Å². The Morgan fingerprint density at radius 3 is 1.81 bits per heavy atom. The van der Waals surface area contributed by atoms with E-state index in [0.717, 1.165) is 11.1 Å². The average Bonchev–Trinajstić information content (AvgIpc) is 2.70. The Balaban J connectivity index is 0.00000152. The van der Waals surface area contributed by atoms with Crippen molar-refractivity contribution < 1.29 is 47.3 Å². The van der Waals surface area contributed by atoms with Gasteiger partial charge < -0.3 is 26.0 Å². The normalized spacial score (nSPS) is 12.4. The van der Waals surface area contributed by atoms with Gasteiger partial charge in [0.15, 0.2) is 0 Å². The fraction of sp³-hybridized carbons (Fsp3) is 0.583. The monoisotopic (exact) mass is 520 g/mol. The van der Waals surface area contributed by atoms with E-state index in [1.807, 2.05) is 32.0 Å². The Morgan fingerprint density at radius 1 is 1.00 bits per heavy atom. The van der Waals surface area contributed by atoms with Crippen LogP contribution in [0.3, 0.4) is 0 Å². The molecule has 0 bridgehead atoms. The maximum atomic E-state index is 12.7. The van der Waals surface area contributed by atoms with Crippen molar-refractivity contribution in [2.45, 2.75) is 78.4 Å². The molecule has 0 heterocycles. The summed E-state index contributed by atoms with van der Waals surface area (Å²) in [5.41, 5.74) is 6.94. The zero-order valence-electron chi connectivity index (χ0n) is 21.2. The molecule has 0 fully saturated rings. The maximum absolute atomic E-state index is 12.7. The lowest BCUT2D eigenvalue weighted by atomic mass is 9.89. The van der Waals surface area contributed by atoms with Gasteiger partial charge >= 0.3 is 24.1 Å². The first-order valence-corrected chi connectivity index (χ1v) is 11.2. The van der Waals surface area contributed by atoms with E-state index in [-0.39, 0.29) is 30.8 Å². The number of benzene rings is 1. The number of nitrogens with one attached hydrogen (secondary N) is 1. The number of rotatable bonds is 10. The average molecular weight is 521 g/mol. The lowest BCUT2D eigenvalue weighted by Crippen LogP contribution is -2.45. The van der Waals surface area contributed by atoms with Crippen molar-refractivity contribution in [2.75, 3.05) is 6.54 Å². The van der Waals surface area contributed by atoms with E-state index in [2.05, 4.69) is 33.0 Å². The van der Waals surface area contributed by atoms with Crippen LogP contribution in [0.1, 0.15) is 77.3 Å². The van der Waals surface area contributed by atoms with Gasteiger partial charge in [-0.25, -0.2) is 4.79 Å². The van der Waals surface area contributed by atoms with E-state index in [4.69, 9.17) is 25.5 Å². The van der Waals surface area contributed by atoms with E-state index in [1.54, 1.807) is 0 Å². The smallest absolute Gasteiger partial charge is 0.481 e. The van der Waals surface area contributed by atoms with Crippen molar-refractivity contribution in [3.05, 3.63) is 29.3 Å². The number of carbonyl (C=O) groups excluding carboxylic acids is 2. The Kier molecular flexibility index (Phi) is 12.6. The zero-order valence-corrected chi connectivity index (χ0v) is 21.2. The molecule has 1 amide bonds. The second kappa shape index (κ2) is 13.8. The molecule has 0 spiro atoms. The van der Waals surface area contributed by atoms with Gasteiger partial charge in [0.2, 0.25) is 5.91 Å². The van der Waals surface area contributed by atoms with Gasteiger partial charge in [-0.3, -0.25) is 14.4 Å². The van der Waals surface area contributed by atoms with Gasteiger partial charge in [0.05, 0.1) is 18.9 Å². The number of para-hydroxylation sites is 1. The number of alkyl halides is 3. The van der Waals surface area contributed by atoms with Gasteiger partial charge in [-0.1, -0.05) is 59.7 Å². The molecule has 0 aromatic heterocycles. The van der Waals surface area contributed by atoms with Gasteiger partial charge in [-0.05, 0) is 28.4 Å². The predicted molar refractivity (Wildman–Crippen MR) is 126 cm³/mol. The SMILES string of the molecule is CC(C)c1cccc(C(C)C)c1OC(=O)CC(C)(C)CNC(=O)[C@@H](N)CC(=O)O.O=C(O)C(F)(F)F. The zero-order chi connectivity index (χ0) is 28.4. The van der Waals surface area contributed by atoms with Crippen LogP contribution in [0.4, 0.5) is 13.2 Å². The summed E-state index contributed by atoms with van der Waals surface area (Å²) in [6.07, 6.45) is -5.44. The molecule has 0 unspecified atom stereocenters. The van der Waals surface area contributed by atoms with E-state index in [0.29, 0.717) is 5.75 Å². The molecule has 1 aromatic carbocycles. The van der Waals surface area contributed by atoms with E-state index in [1.165, 1.54) is 0 Å². The third-order valence-electron chi connectivity index (χ3n) is 4.87. The lowest BCUT2D eigenvalue weighted by Gasteiger charge is -2.25. The van der Waals surface area contributed by atoms with Crippen molar-refractivity contribution in [2.24, 2.45) is 11.1 Å². The summed E-state index contributed by atoms with van der Waals surface area (Å²) in [6, 6.07) is 4.78. The highest BCUT2D eigenvalue weighted by atomic mass is 19.4. The van der Waals surface area contributed by atoms with E-state index >= 15 is 0 Å². The van der Waals surface area contributed by atoms with Crippen molar-refractivity contribution >= 4 is 23.8 Å². The van der Waals surface area contributed by atoms with Crippen LogP contribution in [0.15, 0.2) is 18.2 Å². The molecule has 0 radical (unpaired) electrons. The molecule has 1 rings (SSSR count). The first-order valence-electron chi connectivity index (χ1n) is 11.2. The molecule has 0 saturated carbocycles. The number of esters is 1. The van der Waals surface area contributed by atoms with Crippen molar-refractivity contribution in [1.29, 1.82) is 0 Å². The highest BCUT2D eigenvalue weighted by Crippen LogP contribution is 2.35. The van der Waals surface area contributed by atoms with Crippen LogP contribution >= 0.6 is 0 Å². The van der Waals surface area contributed by atoms with Crippen molar-refractivity contribution in [3.63, 3.8) is 0 Å². The van der Waals surface area contributed by atoms with E-state index < -0.39 is 41.9 Å². The number of carbonyl (C=O) groups is 4. The van der Waals surface area contributed by atoms with E-state index in [9.17, 15) is 27.6 Å². The maximum Gasteiger partial charge on any atom is 0.490 e. The first-order chi connectivity index (χ1) is 16.3. The second-order valence-corrected chi connectivity index (χ2v) is 9.62. The number of aliphatic carboxylic acids is 2. The molecule has 36 heavy (non-hydrogen) atoms. The number of hydrogen-bond acceptors (Lipinski definition) is 6. The van der Waals surface area contributed by atoms with Crippen LogP contribution in [0.2, 0.25) is 0 Å². The number of amides is 1. The van der Waals surface area contributed by atoms with Gasteiger partial charge in [0.25, 0.3) is 0 Å². The van der Waals surface area contributed by atoms with Crippen LogP contribution < -0.4 is 15.8 Å². The highest BCUT2D eigenvalue weighted by molar-refractivity contribution is 5.86. The highest BCUT2D eigenvalue weighted by Gasteiger charge is 2.38. The molecule has 0 aliphatic rings. The topological polar surface area (TPSA) is 156 Å². The molecule has 12 heteroatoms. The number of ether oxygens (including phenoxy) is 1. The fourth-order valence-electron chi connectivity index (χ4n) is 2.94. The molecule has 0 saturated heterocycles. The standard InChI is InChI=1S/C22H34N2O5.C2HF3O2/c1-13(2)15-8-7-9-16(14(3)4)20(15)29-19(27)11-22(5,6)12-24-21(28)17(23)10-18(25)26;3-2(4,5)1(6)7/h7-9,13-14,17H,10-12,23H2,1-6H3,(H,24,28)(H,25,26);(H,6,7)/t17-;/m0./s1. The minimum absolute atomic E-state index is 0.0887. The molecule has 5 N–H and O–H groups in total. The van der Waals surface area contributed by atoms with Crippen LogP contribution in [-0.2, 0) is 19.2 Å². The summed E-state index contributed by atoms with van der Waals surface area (Å²) in [7, 11) is 0. The largest absolute Gasteiger partial charge is 0.490 e. The number of nitrogens with two attached hydrogens (primary N) is 1. The Hall–Kier alpha value is -3.15. The molecular formula is C24H35F3N2O7. The fourth-order valence-corrected chi connectivity index (χ4v) is 2.94. The van der Waals surface area contributed by atoms with Gasteiger partial charge in [-0.15, -0.1) is 0 Å². The minimum Gasteiger partial charge on any atom is -0.481 e. The lowest BCUT2D eigenvalue weighted by molar-refractivity contribution is -0.192. The minimum atomic E-state index is -5.08. The third-order valence-corrected chi connectivity index (χ3v) is 4.87. The summed E-state index contributed by atoms with van der Waals surface area (Å²) in [6.45, 7) is 12.0. The molecule has 1 atom stereocenters. The Morgan fingerprint density at radius 2 is 1.44 bits per heavy atom. The van der Waals surface area contributed by atoms with Crippen LogP contribution in [-0.4, -0.2) is 52.8 Å². The van der Waals surface area contributed by atoms with Gasteiger partial charge in [0, 0.05) is 6.54 Å². The number of hydrogen-bond donors (Lipinski definition) is 4. The van der Waals surface area contributed by atoms with Crippen LogP contribution in [0.25, 0.3) is 0 Å². The van der Waals surface area contributed by atoms with Crippen molar-refractivity contribution in [1.82, 2.24) is 5.32 Å². The van der Waals surface area contributed by atoms with Gasteiger partial charge in [0.1, 0.15) is 5.75 Å². The first kappa shape index (κ1) is 32.8. The van der Waals surface area contributed by atoms with Crippen LogP contribution in [0.5, 0.6) is 5.75 Å². The molecule has 9 nitrogen and oxygen atoms in total. The second-order valence-electron chi connectivity index (χ2n) is 9.62. The Bertz CT molecular complexity index is 903. The number of carboxylic acids is 2. The molecule has 0 aliphatic carbocycles. The predicted octanol–water partition coefficient (Wildman–Crippen LogP) is 3.81. The summed E-state index contributed by atoms with van der Waals surface area (Å²) >= 11 is 0. The number of halogens is 3. The third kappa shape index (κ3) is 12.0. The summed E-state index contributed by atoms with van der Waals surface area (Å²) in [4.78, 5) is 44.1. The molecular weight excluding hydrogens is 485 g/mol. The van der Waals surface area contributed by atoms with Crippen molar-refractivity contribution in [3.8, 4) is 5.75 Å².